The molecule has 5 nitrogen and oxygen atoms in total. The highest BCUT2D eigenvalue weighted by Gasteiger charge is 2.25. The topological polar surface area (TPSA) is 73.6 Å². The van der Waals surface area contributed by atoms with Crippen molar-refractivity contribution < 1.29 is 18.7 Å². The van der Waals surface area contributed by atoms with E-state index in [2.05, 4.69) is 5.32 Å². The molecule has 0 radical (unpaired) electrons. The van der Waals surface area contributed by atoms with E-state index < -0.39 is 23.8 Å². The van der Waals surface area contributed by atoms with Gasteiger partial charge in [-0.05, 0) is 18.6 Å². The predicted octanol–water partition coefficient (Wildman–Crippen LogP) is 3.36. The number of hydrogen-bond donors (Lipinski definition) is 2. The SMILES string of the molecule is COc1cc(F)c(C(C)NC(=O)C(C)C(N)c2ccccc2)cc1OC. The van der Waals surface area contributed by atoms with Crippen molar-refractivity contribution in [1.29, 1.82) is 0 Å². The van der Waals surface area contributed by atoms with Gasteiger partial charge in [0.2, 0.25) is 5.91 Å². The summed E-state index contributed by atoms with van der Waals surface area (Å²) in [4.78, 5) is 12.6. The van der Waals surface area contributed by atoms with Crippen molar-refractivity contribution in [2.24, 2.45) is 11.7 Å². The molecule has 0 aromatic heterocycles. The van der Waals surface area contributed by atoms with Crippen LogP contribution in [0.5, 0.6) is 11.5 Å². The number of hydrogen-bond acceptors (Lipinski definition) is 4. The van der Waals surface area contributed by atoms with Crippen LogP contribution in [0, 0.1) is 11.7 Å². The number of amides is 1. The van der Waals surface area contributed by atoms with Crippen LogP contribution in [0.1, 0.15) is 37.1 Å². The molecule has 3 N–H and O–H groups in total. The average Bonchev–Trinajstić information content (AvgIpc) is 2.66. The first kappa shape index (κ1) is 19.7. The zero-order valence-corrected chi connectivity index (χ0v) is 15.5. The van der Waals surface area contributed by atoms with Gasteiger partial charge in [-0.1, -0.05) is 37.3 Å². The van der Waals surface area contributed by atoms with Crippen LogP contribution < -0.4 is 20.5 Å². The van der Waals surface area contributed by atoms with Crippen LogP contribution in [0.2, 0.25) is 0 Å². The van der Waals surface area contributed by atoms with Crippen molar-refractivity contribution in [3.8, 4) is 11.5 Å². The number of rotatable bonds is 7. The Kier molecular flexibility index (Phi) is 6.58. The molecule has 0 aliphatic rings. The van der Waals surface area contributed by atoms with E-state index >= 15 is 0 Å². The Hall–Kier alpha value is -2.60. The molecule has 3 unspecified atom stereocenters. The highest BCUT2D eigenvalue weighted by atomic mass is 19.1. The maximum absolute atomic E-state index is 14.4. The Morgan fingerprint density at radius 2 is 1.65 bits per heavy atom. The molecular weight excluding hydrogens is 335 g/mol. The van der Waals surface area contributed by atoms with Gasteiger partial charge in [-0.3, -0.25) is 4.79 Å². The molecule has 6 heteroatoms. The molecule has 0 aliphatic heterocycles. The highest BCUT2D eigenvalue weighted by Crippen LogP contribution is 2.32. The van der Waals surface area contributed by atoms with Crippen LogP contribution in [0.4, 0.5) is 4.39 Å². The van der Waals surface area contributed by atoms with Gasteiger partial charge in [-0.25, -0.2) is 4.39 Å². The fraction of sp³-hybridized carbons (Fsp3) is 0.350. The number of ether oxygens (including phenoxy) is 2. The smallest absolute Gasteiger partial charge is 0.225 e. The van der Waals surface area contributed by atoms with E-state index in [4.69, 9.17) is 15.2 Å². The molecule has 0 fully saturated rings. The van der Waals surface area contributed by atoms with Crippen molar-refractivity contribution in [2.75, 3.05) is 14.2 Å². The molecule has 2 rings (SSSR count). The van der Waals surface area contributed by atoms with Crippen LogP contribution >= 0.6 is 0 Å². The van der Waals surface area contributed by atoms with Gasteiger partial charge in [0.1, 0.15) is 5.82 Å². The summed E-state index contributed by atoms with van der Waals surface area (Å²) in [5, 5.41) is 2.82. The Labute approximate surface area is 153 Å². The van der Waals surface area contributed by atoms with E-state index in [0.717, 1.165) is 5.56 Å². The van der Waals surface area contributed by atoms with Gasteiger partial charge in [0.25, 0.3) is 0 Å². The van der Waals surface area contributed by atoms with Crippen LogP contribution in [-0.2, 0) is 4.79 Å². The Bertz CT molecular complexity index is 752. The molecule has 26 heavy (non-hydrogen) atoms. The second-order valence-electron chi connectivity index (χ2n) is 6.18. The van der Waals surface area contributed by atoms with E-state index in [0.29, 0.717) is 17.1 Å². The Morgan fingerprint density at radius 3 is 2.23 bits per heavy atom. The summed E-state index contributed by atoms with van der Waals surface area (Å²) in [6.45, 7) is 3.47. The molecular formula is C20H25FN2O3. The summed E-state index contributed by atoms with van der Waals surface area (Å²) in [6.07, 6.45) is 0. The summed E-state index contributed by atoms with van der Waals surface area (Å²) in [6, 6.07) is 11.2. The normalized spacial score (nSPS) is 14.2. The second kappa shape index (κ2) is 8.67. The fourth-order valence-electron chi connectivity index (χ4n) is 2.75. The van der Waals surface area contributed by atoms with Crippen LogP contribution in [0.15, 0.2) is 42.5 Å². The fourth-order valence-corrected chi connectivity index (χ4v) is 2.75. The molecule has 0 heterocycles. The molecule has 0 saturated heterocycles. The van der Waals surface area contributed by atoms with Gasteiger partial charge in [0.15, 0.2) is 11.5 Å². The summed E-state index contributed by atoms with van der Waals surface area (Å²) < 4.78 is 24.7. The second-order valence-corrected chi connectivity index (χ2v) is 6.18. The number of halogens is 1. The molecule has 0 spiro atoms. The lowest BCUT2D eigenvalue weighted by molar-refractivity contribution is -0.125. The number of carbonyl (C=O) groups excluding carboxylic acids is 1. The third-order valence-corrected chi connectivity index (χ3v) is 4.46. The van der Waals surface area contributed by atoms with Gasteiger partial charge in [0, 0.05) is 17.7 Å². The van der Waals surface area contributed by atoms with Gasteiger partial charge in [-0.2, -0.15) is 0 Å². The summed E-state index contributed by atoms with van der Waals surface area (Å²) >= 11 is 0. The molecule has 0 saturated carbocycles. The monoisotopic (exact) mass is 360 g/mol. The first-order valence-electron chi connectivity index (χ1n) is 8.41. The first-order valence-corrected chi connectivity index (χ1v) is 8.41. The van der Waals surface area contributed by atoms with Crippen molar-refractivity contribution in [3.63, 3.8) is 0 Å². The van der Waals surface area contributed by atoms with Gasteiger partial charge >= 0.3 is 0 Å². The minimum atomic E-state index is -0.548. The Balaban J connectivity index is 2.13. The number of methoxy groups -OCH3 is 2. The molecule has 140 valence electrons. The molecule has 0 aliphatic carbocycles. The van der Waals surface area contributed by atoms with E-state index in [1.807, 2.05) is 30.3 Å². The van der Waals surface area contributed by atoms with Gasteiger partial charge < -0.3 is 20.5 Å². The Morgan fingerprint density at radius 1 is 1.08 bits per heavy atom. The zero-order chi connectivity index (χ0) is 19.3. The minimum Gasteiger partial charge on any atom is -0.493 e. The van der Waals surface area contributed by atoms with Gasteiger partial charge in [0.05, 0.1) is 26.2 Å². The lowest BCUT2D eigenvalue weighted by Crippen LogP contribution is -2.37. The molecule has 2 aromatic carbocycles. The van der Waals surface area contributed by atoms with E-state index in [1.165, 1.54) is 26.4 Å². The quantitative estimate of drug-likeness (QED) is 0.794. The zero-order valence-electron chi connectivity index (χ0n) is 15.5. The largest absolute Gasteiger partial charge is 0.493 e. The van der Waals surface area contributed by atoms with E-state index in [-0.39, 0.29) is 5.91 Å². The standard InChI is InChI=1S/C20H25FN2O3/c1-12(19(22)14-8-6-5-7-9-14)20(24)23-13(2)15-10-17(25-3)18(26-4)11-16(15)21/h5-13,19H,22H2,1-4H3,(H,23,24). The molecule has 1 amide bonds. The average molecular weight is 360 g/mol. The lowest BCUT2D eigenvalue weighted by Gasteiger charge is -2.23. The highest BCUT2D eigenvalue weighted by molar-refractivity contribution is 5.79. The van der Waals surface area contributed by atoms with Crippen LogP contribution in [-0.4, -0.2) is 20.1 Å². The van der Waals surface area contributed by atoms with Gasteiger partial charge in [-0.15, -0.1) is 0 Å². The van der Waals surface area contributed by atoms with Crippen LogP contribution in [0.25, 0.3) is 0 Å². The third kappa shape index (κ3) is 4.32. The van der Waals surface area contributed by atoms with Crippen molar-refractivity contribution in [1.82, 2.24) is 5.32 Å². The molecule has 2 aromatic rings. The number of nitrogens with two attached hydrogens (primary N) is 1. The third-order valence-electron chi connectivity index (χ3n) is 4.46. The number of benzene rings is 2. The maximum Gasteiger partial charge on any atom is 0.225 e. The van der Waals surface area contributed by atoms with Crippen LogP contribution in [0.3, 0.4) is 0 Å². The number of nitrogens with one attached hydrogen (secondary N) is 1. The predicted molar refractivity (Wildman–Crippen MR) is 98.6 cm³/mol. The summed E-state index contributed by atoms with van der Waals surface area (Å²) in [5.41, 5.74) is 7.39. The van der Waals surface area contributed by atoms with Crippen molar-refractivity contribution in [2.45, 2.75) is 25.9 Å². The maximum atomic E-state index is 14.4. The molecule has 0 bridgehead atoms. The molecule has 3 atom stereocenters. The minimum absolute atomic E-state index is 0.247. The summed E-state index contributed by atoms with van der Waals surface area (Å²) in [5.74, 6) is -0.493. The summed E-state index contributed by atoms with van der Waals surface area (Å²) in [7, 11) is 2.92. The lowest BCUT2D eigenvalue weighted by atomic mass is 9.94. The van der Waals surface area contributed by atoms with Crippen molar-refractivity contribution >= 4 is 5.91 Å². The van der Waals surface area contributed by atoms with E-state index in [9.17, 15) is 9.18 Å². The first-order chi connectivity index (χ1) is 12.4. The van der Waals surface area contributed by atoms with Crippen molar-refractivity contribution in [3.05, 3.63) is 59.4 Å². The number of carbonyl (C=O) groups is 1. The van der Waals surface area contributed by atoms with E-state index in [1.54, 1.807) is 13.8 Å².